The summed E-state index contributed by atoms with van der Waals surface area (Å²) >= 11 is 0.500. The van der Waals surface area contributed by atoms with E-state index in [2.05, 4.69) is 52.0 Å². The van der Waals surface area contributed by atoms with Crippen LogP contribution in [0.25, 0.3) is 0 Å². The van der Waals surface area contributed by atoms with Gasteiger partial charge in [-0.3, -0.25) is 0 Å². The molecular weight excluding hydrogens is 374 g/mol. The molecule has 150 valence electrons. The van der Waals surface area contributed by atoms with Crippen molar-refractivity contribution in [3.8, 4) is 0 Å². The van der Waals surface area contributed by atoms with Crippen molar-refractivity contribution in [1.29, 1.82) is 0 Å². The van der Waals surface area contributed by atoms with Gasteiger partial charge in [0.15, 0.2) is 0 Å². The molecule has 0 aromatic carbocycles. The third-order valence-corrected chi connectivity index (χ3v) is 8.34. The second-order valence-electron chi connectivity index (χ2n) is 8.89. The Bertz CT molecular complexity index is 276. The fourth-order valence-electron chi connectivity index (χ4n) is 4.47. The summed E-state index contributed by atoms with van der Waals surface area (Å²) in [6.07, 6.45) is 13.4. The SMILES string of the molecule is CCCCC1(CCCC)CC(PC(C)C)CC(PC(C)C)C1.[CH3][Ti][CH3]. The van der Waals surface area contributed by atoms with Crippen molar-refractivity contribution in [3.05, 3.63) is 0 Å². The molecule has 0 amide bonds. The van der Waals surface area contributed by atoms with E-state index in [1.54, 1.807) is 19.3 Å². The van der Waals surface area contributed by atoms with Crippen molar-refractivity contribution in [2.75, 3.05) is 0 Å². The third kappa shape index (κ3) is 12.6. The molecule has 0 heterocycles. The Balaban J connectivity index is 0.00000178. The molecule has 0 spiro atoms. The van der Waals surface area contributed by atoms with Gasteiger partial charge in [-0.1, -0.05) is 67.2 Å². The average Bonchev–Trinajstić information content (AvgIpc) is 2.50. The van der Waals surface area contributed by atoms with Gasteiger partial charge in [-0.15, -0.1) is 17.2 Å². The zero-order valence-electron chi connectivity index (χ0n) is 18.7. The van der Waals surface area contributed by atoms with Crippen LogP contribution in [0.5, 0.6) is 0 Å². The van der Waals surface area contributed by atoms with Gasteiger partial charge >= 0.3 is 29.6 Å². The Labute approximate surface area is 173 Å². The molecule has 4 unspecified atom stereocenters. The van der Waals surface area contributed by atoms with Crippen LogP contribution in [0.2, 0.25) is 10.5 Å². The maximum atomic E-state index is 2.44. The molecule has 1 saturated carbocycles. The van der Waals surface area contributed by atoms with Crippen LogP contribution in [0.1, 0.15) is 99.3 Å². The van der Waals surface area contributed by atoms with Gasteiger partial charge in [-0.25, -0.2) is 0 Å². The standard InChI is InChI=1S/C20H42P2.2CH3.Ti/c1-7-9-11-20(12-10-8-2)14-18(21-16(3)4)13-19(15-20)22-17(5)6;;;/h16-19,21-22H,7-15H2,1-6H3;2*1H3;. The van der Waals surface area contributed by atoms with Crippen molar-refractivity contribution < 1.29 is 19.2 Å². The van der Waals surface area contributed by atoms with Crippen molar-refractivity contribution in [2.24, 2.45) is 5.41 Å². The molecule has 0 bridgehead atoms. The third-order valence-electron chi connectivity index (χ3n) is 5.19. The van der Waals surface area contributed by atoms with Crippen molar-refractivity contribution >= 4 is 17.2 Å². The van der Waals surface area contributed by atoms with E-state index in [-0.39, 0.29) is 0 Å². The molecule has 4 atom stereocenters. The van der Waals surface area contributed by atoms with Crippen LogP contribution in [0, 0.1) is 5.41 Å². The molecule has 0 N–H and O–H groups in total. The van der Waals surface area contributed by atoms with Gasteiger partial charge in [0, 0.05) is 0 Å². The van der Waals surface area contributed by atoms with E-state index in [0.29, 0.717) is 24.6 Å². The first-order valence-electron chi connectivity index (χ1n) is 10.9. The molecule has 25 heavy (non-hydrogen) atoms. The number of hydrogen-bond acceptors (Lipinski definition) is 0. The topological polar surface area (TPSA) is 0 Å². The number of hydrogen-bond donors (Lipinski definition) is 0. The van der Waals surface area contributed by atoms with Gasteiger partial charge < -0.3 is 0 Å². The van der Waals surface area contributed by atoms with Gasteiger partial charge in [0.25, 0.3) is 0 Å². The summed E-state index contributed by atoms with van der Waals surface area (Å²) in [5.74, 6) is 0. The van der Waals surface area contributed by atoms with Crippen LogP contribution in [0.3, 0.4) is 0 Å². The molecule has 3 heteroatoms. The molecule has 1 rings (SSSR count). The normalized spacial score (nSPS) is 23.6. The number of unbranched alkanes of at least 4 members (excludes halogenated alkanes) is 2. The fourth-order valence-corrected chi connectivity index (χ4v) is 8.54. The van der Waals surface area contributed by atoms with E-state index < -0.39 is 0 Å². The van der Waals surface area contributed by atoms with E-state index in [1.165, 1.54) is 55.7 Å². The van der Waals surface area contributed by atoms with Crippen molar-refractivity contribution in [1.82, 2.24) is 0 Å². The second-order valence-corrected chi connectivity index (χ2v) is 15.1. The van der Waals surface area contributed by atoms with Crippen LogP contribution in [0.4, 0.5) is 0 Å². The van der Waals surface area contributed by atoms with E-state index in [9.17, 15) is 0 Å². The van der Waals surface area contributed by atoms with E-state index >= 15 is 0 Å². The first-order valence-corrected chi connectivity index (χ1v) is 16.4. The summed E-state index contributed by atoms with van der Waals surface area (Å²) in [6.45, 7) is 14.5. The monoisotopic (exact) mass is 422 g/mol. The zero-order chi connectivity index (χ0) is 19.3. The van der Waals surface area contributed by atoms with Crippen LogP contribution in [0.15, 0.2) is 0 Å². The number of rotatable bonds is 10. The minimum atomic E-state index is 0.500. The van der Waals surface area contributed by atoms with Gasteiger partial charge in [-0.2, -0.15) is 0 Å². The molecule has 0 aromatic rings. The second kappa shape index (κ2) is 15.5. The first kappa shape index (κ1) is 26.6. The predicted molar refractivity (Wildman–Crippen MR) is 122 cm³/mol. The summed E-state index contributed by atoms with van der Waals surface area (Å²) in [7, 11) is 2.40. The van der Waals surface area contributed by atoms with Crippen molar-refractivity contribution in [3.63, 3.8) is 0 Å². The van der Waals surface area contributed by atoms with Crippen LogP contribution < -0.4 is 0 Å². The molecule has 1 aliphatic carbocycles. The van der Waals surface area contributed by atoms with Gasteiger partial charge in [0.1, 0.15) is 0 Å². The Morgan fingerprint density at radius 1 is 0.840 bits per heavy atom. The minimum absolute atomic E-state index is 0.500. The van der Waals surface area contributed by atoms with E-state index in [4.69, 9.17) is 0 Å². The summed E-state index contributed by atoms with van der Waals surface area (Å²) < 4.78 is 0. The van der Waals surface area contributed by atoms with Crippen LogP contribution in [-0.4, -0.2) is 22.6 Å². The molecule has 0 aromatic heterocycles. The molecular formula is C22H48P2Ti. The van der Waals surface area contributed by atoms with Gasteiger partial charge in [0.2, 0.25) is 0 Å². The predicted octanol–water partition coefficient (Wildman–Crippen LogP) is 8.61. The summed E-state index contributed by atoms with van der Waals surface area (Å²) in [4.78, 5) is 0. The van der Waals surface area contributed by atoms with Crippen LogP contribution in [-0.2, 0) is 19.2 Å². The average molecular weight is 422 g/mol. The van der Waals surface area contributed by atoms with E-state index in [1.807, 2.05) is 0 Å². The van der Waals surface area contributed by atoms with E-state index in [0.717, 1.165) is 22.6 Å². The van der Waals surface area contributed by atoms with Crippen LogP contribution >= 0.6 is 17.2 Å². The Hall–Kier alpha value is 1.57. The molecule has 0 aliphatic heterocycles. The Morgan fingerprint density at radius 2 is 1.20 bits per heavy atom. The first-order chi connectivity index (χ1) is 11.8. The van der Waals surface area contributed by atoms with Gasteiger partial charge in [0.05, 0.1) is 0 Å². The zero-order valence-corrected chi connectivity index (χ0v) is 22.2. The maximum absolute atomic E-state index is 2.44. The van der Waals surface area contributed by atoms with Crippen molar-refractivity contribution in [2.45, 2.75) is 132 Å². The molecule has 0 saturated heterocycles. The fraction of sp³-hybridized carbons (Fsp3) is 1.00. The molecule has 1 aliphatic rings. The van der Waals surface area contributed by atoms with Gasteiger partial charge in [-0.05, 0) is 60.2 Å². The Kier molecular flexibility index (Phi) is 16.5. The summed E-state index contributed by atoms with van der Waals surface area (Å²) in [6, 6.07) is 0. The molecule has 0 nitrogen and oxygen atoms in total. The molecule has 0 radical (unpaired) electrons. The molecule has 1 fully saturated rings. The summed E-state index contributed by atoms with van der Waals surface area (Å²) in [5, 5.41) is 4.50. The Morgan fingerprint density at radius 3 is 1.48 bits per heavy atom. The quantitative estimate of drug-likeness (QED) is 0.244. The summed E-state index contributed by atoms with van der Waals surface area (Å²) in [5.41, 5.74) is 4.60.